The van der Waals surface area contributed by atoms with E-state index in [2.05, 4.69) is 0 Å². The van der Waals surface area contributed by atoms with Crippen molar-refractivity contribution < 1.29 is 13.2 Å². The Balaban J connectivity index is 1.99. The summed E-state index contributed by atoms with van der Waals surface area (Å²) in [5, 5.41) is 0. The number of sulfonamides is 1. The molecule has 2 aromatic rings. The average molecular weight is 387 g/mol. The van der Waals surface area contributed by atoms with E-state index in [1.807, 2.05) is 64.1 Å². The number of carbonyl (C=O) groups excluding carboxylic acids is 1. The van der Waals surface area contributed by atoms with Crippen LogP contribution in [-0.2, 0) is 21.2 Å². The minimum Gasteiger partial charge on any atom is -0.307 e. The summed E-state index contributed by atoms with van der Waals surface area (Å²) in [7, 11) is -3.61. The number of hydrogen-bond acceptors (Lipinski definition) is 3. The fourth-order valence-electron chi connectivity index (χ4n) is 4.07. The van der Waals surface area contributed by atoms with E-state index >= 15 is 0 Å². The highest BCUT2D eigenvalue weighted by Gasteiger charge is 2.33. The Morgan fingerprint density at radius 1 is 1.15 bits per heavy atom. The highest BCUT2D eigenvalue weighted by atomic mass is 32.2. The van der Waals surface area contributed by atoms with Crippen LogP contribution < -0.4 is 9.21 Å². The monoisotopic (exact) mass is 386 g/mol. The third-order valence-corrected chi connectivity index (χ3v) is 6.15. The Kier molecular flexibility index (Phi) is 5.04. The molecule has 1 aliphatic rings. The van der Waals surface area contributed by atoms with Crippen LogP contribution in [0.5, 0.6) is 0 Å². The Bertz CT molecular complexity index is 975. The molecule has 0 saturated heterocycles. The van der Waals surface area contributed by atoms with Crippen LogP contribution in [0, 0.1) is 20.8 Å². The summed E-state index contributed by atoms with van der Waals surface area (Å²) >= 11 is 0. The molecular formula is C21H26N2O3S. The summed E-state index contributed by atoms with van der Waals surface area (Å²) in [5.41, 5.74) is 5.35. The van der Waals surface area contributed by atoms with Crippen LogP contribution >= 0.6 is 0 Å². The predicted molar refractivity (Wildman–Crippen MR) is 110 cm³/mol. The van der Waals surface area contributed by atoms with E-state index in [-0.39, 0.29) is 18.5 Å². The lowest BCUT2D eigenvalue weighted by atomic mass is 10.1. The maximum atomic E-state index is 13.2. The lowest BCUT2D eigenvalue weighted by Gasteiger charge is -2.29. The Hall–Kier alpha value is -2.34. The van der Waals surface area contributed by atoms with Crippen molar-refractivity contribution in [3.63, 3.8) is 0 Å². The fourth-order valence-corrected chi connectivity index (χ4v) is 5.04. The first kappa shape index (κ1) is 19.4. The van der Waals surface area contributed by atoms with Crippen molar-refractivity contribution in [2.24, 2.45) is 0 Å². The number of fused-ring (bicyclic) bond motifs is 1. The van der Waals surface area contributed by atoms with E-state index in [0.717, 1.165) is 40.6 Å². The molecule has 1 aliphatic heterocycles. The first-order chi connectivity index (χ1) is 12.6. The first-order valence-corrected chi connectivity index (χ1v) is 10.9. The van der Waals surface area contributed by atoms with Crippen LogP contribution in [0.25, 0.3) is 0 Å². The third kappa shape index (κ3) is 3.72. The van der Waals surface area contributed by atoms with Crippen molar-refractivity contribution in [1.82, 2.24) is 0 Å². The largest absolute Gasteiger partial charge is 0.307 e. The molecule has 0 aromatic heterocycles. The maximum absolute atomic E-state index is 13.2. The van der Waals surface area contributed by atoms with Crippen molar-refractivity contribution in [3.8, 4) is 0 Å². The van der Waals surface area contributed by atoms with E-state index in [1.54, 1.807) is 4.90 Å². The molecule has 5 nitrogen and oxygen atoms in total. The second-order valence-electron chi connectivity index (χ2n) is 7.46. The second kappa shape index (κ2) is 7.00. The molecule has 0 spiro atoms. The zero-order valence-electron chi connectivity index (χ0n) is 16.5. The number of aryl methyl sites for hydroxylation is 3. The molecule has 0 bridgehead atoms. The van der Waals surface area contributed by atoms with E-state index in [1.165, 1.54) is 4.31 Å². The molecule has 27 heavy (non-hydrogen) atoms. The average Bonchev–Trinajstić information content (AvgIpc) is 2.87. The Labute approximate surface area is 161 Å². The van der Waals surface area contributed by atoms with Gasteiger partial charge in [0.05, 0.1) is 11.9 Å². The highest BCUT2D eigenvalue weighted by Crippen LogP contribution is 2.33. The lowest BCUT2D eigenvalue weighted by Crippen LogP contribution is -2.45. The van der Waals surface area contributed by atoms with Crippen LogP contribution in [0.4, 0.5) is 11.4 Å². The number of benzene rings is 2. The first-order valence-electron chi connectivity index (χ1n) is 9.05. The summed E-state index contributed by atoms with van der Waals surface area (Å²) < 4.78 is 26.4. The SMILES string of the molecule is Cc1cc(C)c(N(CC(=O)N2c3ccccc3CC2C)S(C)(=O)=O)c(C)c1. The molecule has 0 N–H and O–H groups in total. The van der Waals surface area contributed by atoms with Gasteiger partial charge in [-0.1, -0.05) is 35.9 Å². The molecule has 1 heterocycles. The summed E-state index contributed by atoms with van der Waals surface area (Å²) in [6, 6.07) is 11.7. The number of para-hydroxylation sites is 1. The van der Waals surface area contributed by atoms with Crippen molar-refractivity contribution in [1.29, 1.82) is 0 Å². The van der Waals surface area contributed by atoms with Gasteiger partial charge in [0, 0.05) is 11.7 Å². The van der Waals surface area contributed by atoms with Gasteiger partial charge in [0.2, 0.25) is 15.9 Å². The minimum atomic E-state index is -3.61. The van der Waals surface area contributed by atoms with Gasteiger partial charge in [-0.25, -0.2) is 8.42 Å². The van der Waals surface area contributed by atoms with Crippen molar-refractivity contribution in [3.05, 3.63) is 58.7 Å². The van der Waals surface area contributed by atoms with E-state index < -0.39 is 10.0 Å². The summed E-state index contributed by atoms with van der Waals surface area (Å²) in [4.78, 5) is 14.9. The molecule has 1 amide bonds. The molecular weight excluding hydrogens is 360 g/mol. The number of nitrogens with zero attached hydrogens (tertiary/aromatic N) is 2. The molecule has 2 aromatic carbocycles. The number of amides is 1. The smallest absolute Gasteiger partial charge is 0.248 e. The van der Waals surface area contributed by atoms with Gasteiger partial charge in [0.1, 0.15) is 6.54 Å². The fraction of sp³-hybridized carbons (Fsp3) is 0.381. The molecule has 0 aliphatic carbocycles. The van der Waals surface area contributed by atoms with Crippen molar-refractivity contribution >= 4 is 27.3 Å². The van der Waals surface area contributed by atoms with Gasteiger partial charge in [-0.05, 0) is 56.9 Å². The standard InChI is InChI=1S/C21H26N2O3S/c1-14-10-15(2)21(16(3)11-14)22(27(5,25)26)13-20(24)23-17(4)12-18-8-6-7-9-19(18)23/h6-11,17H,12-13H2,1-5H3. The van der Waals surface area contributed by atoms with Crippen LogP contribution in [0.15, 0.2) is 36.4 Å². The van der Waals surface area contributed by atoms with Gasteiger partial charge in [-0.15, -0.1) is 0 Å². The Morgan fingerprint density at radius 3 is 2.33 bits per heavy atom. The minimum absolute atomic E-state index is 0.0107. The topological polar surface area (TPSA) is 57.7 Å². The number of anilines is 2. The van der Waals surface area contributed by atoms with Crippen LogP contribution in [0.2, 0.25) is 0 Å². The molecule has 1 atom stereocenters. The van der Waals surface area contributed by atoms with Gasteiger partial charge >= 0.3 is 0 Å². The van der Waals surface area contributed by atoms with E-state index in [4.69, 9.17) is 0 Å². The lowest BCUT2D eigenvalue weighted by molar-refractivity contribution is -0.117. The quantitative estimate of drug-likeness (QED) is 0.810. The van der Waals surface area contributed by atoms with Crippen molar-refractivity contribution in [2.45, 2.75) is 40.2 Å². The normalized spacial score (nSPS) is 16.3. The molecule has 0 radical (unpaired) electrons. The number of hydrogen-bond donors (Lipinski definition) is 0. The zero-order chi connectivity index (χ0) is 19.9. The van der Waals surface area contributed by atoms with E-state index in [9.17, 15) is 13.2 Å². The van der Waals surface area contributed by atoms with E-state index in [0.29, 0.717) is 5.69 Å². The maximum Gasteiger partial charge on any atom is 0.248 e. The summed E-state index contributed by atoms with van der Waals surface area (Å²) in [6.07, 6.45) is 1.93. The number of carbonyl (C=O) groups is 1. The van der Waals surface area contributed by atoms with Gasteiger partial charge in [0.25, 0.3) is 0 Å². The third-order valence-electron chi connectivity index (χ3n) is 5.04. The number of rotatable bonds is 4. The predicted octanol–water partition coefficient (Wildman–Crippen LogP) is 3.36. The summed E-state index contributed by atoms with van der Waals surface area (Å²) in [6.45, 7) is 7.52. The van der Waals surface area contributed by atoms with Gasteiger partial charge in [-0.2, -0.15) is 0 Å². The highest BCUT2D eigenvalue weighted by molar-refractivity contribution is 7.92. The molecule has 6 heteroatoms. The molecule has 144 valence electrons. The van der Waals surface area contributed by atoms with Crippen LogP contribution in [0.3, 0.4) is 0 Å². The second-order valence-corrected chi connectivity index (χ2v) is 9.37. The molecule has 0 saturated carbocycles. The molecule has 1 unspecified atom stereocenters. The Morgan fingerprint density at radius 2 is 1.74 bits per heavy atom. The van der Waals surface area contributed by atoms with Gasteiger partial charge < -0.3 is 4.90 Å². The molecule has 3 rings (SSSR count). The van der Waals surface area contributed by atoms with Crippen LogP contribution in [0.1, 0.15) is 29.2 Å². The zero-order valence-corrected chi connectivity index (χ0v) is 17.3. The van der Waals surface area contributed by atoms with Gasteiger partial charge in [-0.3, -0.25) is 9.10 Å². The van der Waals surface area contributed by atoms with Crippen LogP contribution in [-0.4, -0.2) is 33.2 Å². The van der Waals surface area contributed by atoms with Gasteiger partial charge in [0.15, 0.2) is 0 Å². The summed E-state index contributed by atoms with van der Waals surface area (Å²) in [5.74, 6) is -0.211. The van der Waals surface area contributed by atoms with Crippen molar-refractivity contribution in [2.75, 3.05) is 22.0 Å². The molecule has 0 fully saturated rings.